The Kier molecular flexibility index (Phi) is 17.6. The molecule has 80 heavy (non-hydrogen) atoms. The Morgan fingerprint density at radius 2 is 0.925 bits per heavy atom. The normalized spacial score (nSPS) is 15.8. The molecule has 4 amide bonds. The Morgan fingerprint density at radius 1 is 0.550 bits per heavy atom. The predicted octanol–water partition coefficient (Wildman–Crippen LogP) is 11.0. The number of imide groups is 2. The van der Waals surface area contributed by atoms with Crippen molar-refractivity contribution in [3.63, 3.8) is 0 Å². The fourth-order valence-electron chi connectivity index (χ4n) is 9.85. The second-order valence-electron chi connectivity index (χ2n) is 22.8. The fourth-order valence-corrected chi connectivity index (χ4v) is 9.85. The van der Waals surface area contributed by atoms with Crippen molar-refractivity contribution in [3.05, 3.63) is 227 Å². The van der Waals surface area contributed by atoms with Crippen molar-refractivity contribution < 1.29 is 29.0 Å². The van der Waals surface area contributed by atoms with Crippen LogP contribution >= 0.6 is 0 Å². The SMILES string of the molecule is CC(C)(C)[C@@H](N)c1nc(-c2ccccc2)cn1Cc1ccccc1.CC(C)(C)[C@@H](NCC(O)CCN1C(=O)c2ccccc2C1=O)c1nc(-c2ccccc2)cn1Cc1ccccc1.O=C1c2ccccc2C(=O)N1CCC1CO1. The van der Waals surface area contributed by atoms with Crippen molar-refractivity contribution in [1.82, 2.24) is 34.2 Å². The van der Waals surface area contributed by atoms with E-state index in [0.29, 0.717) is 41.9 Å². The van der Waals surface area contributed by atoms with Gasteiger partial charge in [0.1, 0.15) is 11.6 Å². The number of benzene rings is 6. The summed E-state index contributed by atoms with van der Waals surface area (Å²) < 4.78 is 9.44. The highest BCUT2D eigenvalue weighted by molar-refractivity contribution is 6.22. The van der Waals surface area contributed by atoms with E-state index in [1.807, 2.05) is 60.7 Å². The van der Waals surface area contributed by atoms with E-state index in [9.17, 15) is 24.3 Å². The number of hydrogen-bond donors (Lipinski definition) is 3. The van der Waals surface area contributed by atoms with Crippen LogP contribution in [0, 0.1) is 10.8 Å². The van der Waals surface area contributed by atoms with Crippen molar-refractivity contribution in [2.24, 2.45) is 16.6 Å². The minimum atomic E-state index is -0.750. The molecular weight excluding hydrogens is 1000 g/mol. The van der Waals surface area contributed by atoms with Gasteiger partial charge in [0.05, 0.1) is 64.5 Å². The van der Waals surface area contributed by atoms with Gasteiger partial charge in [-0.2, -0.15) is 0 Å². The van der Waals surface area contributed by atoms with E-state index in [1.165, 1.54) is 20.9 Å². The van der Waals surface area contributed by atoms with Crippen LogP contribution in [-0.2, 0) is 17.8 Å². The molecule has 2 aromatic heterocycles. The summed E-state index contributed by atoms with van der Waals surface area (Å²) in [6, 6.07) is 54.6. The summed E-state index contributed by atoms with van der Waals surface area (Å²) >= 11 is 0. The van der Waals surface area contributed by atoms with E-state index in [4.69, 9.17) is 20.4 Å². The van der Waals surface area contributed by atoms with Gasteiger partial charge in [-0.1, -0.05) is 187 Å². The first-order chi connectivity index (χ1) is 38.4. The van der Waals surface area contributed by atoms with Crippen molar-refractivity contribution in [3.8, 4) is 22.5 Å². The number of carbonyl (C=O) groups is 4. The second-order valence-corrected chi connectivity index (χ2v) is 22.8. The number of imidazole rings is 2. The lowest BCUT2D eigenvalue weighted by Crippen LogP contribution is -2.40. The number of ether oxygens (including phenoxy) is 1. The topological polar surface area (TPSA) is 181 Å². The summed E-state index contributed by atoms with van der Waals surface area (Å²) in [6.07, 6.45) is 4.72. The molecule has 8 aromatic rings. The molecule has 0 aliphatic carbocycles. The standard InChI is InChI=1S/C33H36N4O3.C21H25N3.C12H11NO3/c1-33(2,3)29(34-20-25(38)18-19-37-31(39)26-16-10-11-17-27(26)32(37)40)30-35-28(24-14-8-5-9-15-24)22-36(30)21-23-12-6-4-7-13-23;1-21(2,3)19(22)20-23-18(17-12-8-5-9-13-17)15-24(20)14-16-10-6-4-7-11-16;14-11-9-3-1-2-4-10(9)12(15)13(11)6-5-8-7-16-8/h4-17,22,25,29,34,38H,18-21H2,1-3H3;4-13,15,19H,14,22H2,1-3H3;1-4,8H,5-7H2/t25?,29-;19-;/m00./s1. The van der Waals surface area contributed by atoms with Crippen LogP contribution in [0.3, 0.4) is 0 Å². The fraction of sp³-hybridized carbons (Fsp3) is 0.303. The number of nitrogens with zero attached hydrogens (tertiary/aromatic N) is 6. The molecule has 4 atom stereocenters. The number of aliphatic hydroxyl groups is 1. The number of aliphatic hydroxyl groups excluding tert-OH is 1. The average molecular weight is 1070 g/mol. The number of aromatic nitrogens is 4. The van der Waals surface area contributed by atoms with Crippen LogP contribution in [0.2, 0.25) is 0 Å². The van der Waals surface area contributed by atoms with E-state index >= 15 is 0 Å². The third kappa shape index (κ3) is 13.6. The average Bonchev–Trinajstić information content (AvgIpc) is 3.89. The number of hydrogen-bond acceptors (Lipinski definition) is 10. The minimum Gasteiger partial charge on any atom is -0.392 e. The predicted molar refractivity (Wildman–Crippen MR) is 312 cm³/mol. The molecular formula is C66H72N8O6. The van der Waals surface area contributed by atoms with Crippen LogP contribution in [0.5, 0.6) is 0 Å². The molecule has 412 valence electrons. The largest absolute Gasteiger partial charge is 0.392 e. The highest BCUT2D eigenvalue weighted by Gasteiger charge is 2.38. The Morgan fingerprint density at radius 3 is 1.32 bits per heavy atom. The Hall–Kier alpha value is -8.14. The van der Waals surface area contributed by atoms with Crippen LogP contribution in [0.1, 0.15) is 131 Å². The first-order valence-electron chi connectivity index (χ1n) is 27.5. The highest BCUT2D eigenvalue weighted by atomic mass is 16.6. The lowest BCUT2D eigenvalue weighted by Gasteiger charge is -2.32. The van der Waals surface area contributed by atoms with Gasteiger partial charge in [0.15, 0.2) is 0 Å². The van der Waals surface area contributed by atoms with Gasteiger partial charge in [-0.15, -0.1) is 0 Å². The Bertz CT molecular complexity index is 3330. The summed E-state index contributed by atoms with van der Waals surface area (Å²) in [5, 5.41) is 14.5. The molecule has 4 N–H and O–H groups in total. The summed E-state index contributed by atoms with van der Waals surface area (Å²) in [7, 11) is 0. The van der Waals surface area contributed by atoms with Gasteiger partial charge in [0.25, 0.3) is 23.6 Å². The summed E-state index contributed by atoms with van der Waals surface area (Å²) in [4.78, 5) is 61.7. The second kappa shape index (κ2) is 24.9. The maximum atomic E-state index is 12.7. The zero-order valence-electron chi connectivity index (χ0n) is 46.5. The molecule has 3 aliphatic heterocycles. The lowest BCUT2D eigenvalue weighted by atomic mass is 9.86. The zero-order chi connectivity index (χ0) is 56.6. The lowest BCUT2D eigenvalue weighted by molar-refractivity contribution is 0.0611. The van der Waals surface area contributed by atoms with Crippen molar-refractivity contribution >= 4 is 23.6 Å². The number of epoxide rings is 1. The van der Waals surface area contributed by atoms with Crippen LogP contribution in [-0.4, -0.2) is 96.1 Å². The van der Waals surface area contributed by atoms with Crippen molar-refractivity contribution in [1.29, 1.82) is 0 Å². The number of rotatable bonds is 17. The third-order valence-electron chi connectivity index (χ3n) is 14.6. The molecule has 3 aliphatic rings. The monoisotopic (exact) mass is 1070 g/mol. The molecule has 0 spiro atoms. The number of amides is 4. The highest BCUT2D eigenvalue weighted by Crippen LogP contribution is 2.36. The van der Waals surface area contributed by atoms with Gasteiger partial charge in [0.2, 0.25) is 0 Å². The maximum absolute atomic E-state index is 12.7. The number of fused-ring (bicyclic) bond motifs is 2. The summed E-state index contributed by atoms with van der Waals surface area (Å²) in [5.74, 6) is 0.866. The Balaban J connectivity index is 0.000000162. The number of carbonyl (C=O) groups excluding carboxylic acids is 4. The first kappa shape index (κ1) is 56.6. The molecule has 11 rings (SSSR count). The summed E-state index contributed by atoms with van der Waals surface area (Å²) in [5.41, 5.74) is 14.6. The minimum absolute atomic E-state index is 0.0479. The van der Waals surface area contributed by atoms with Gasteiger partial charge in [0, 0.05) is 56.2 Å². The van der Waals surface area contributed by atoms with Crippen molar-refractivity contribution in [2.75, 3.05) is 26.2 Å². The van der Waals surface area contributed by atoms with E-state index in [2.05, 4.69) is 129 Å². The first-order valence-corrected chi connectivity index (χ1v) is 27.5. The molecule has 1 saturated heterocycles. The molecule has 0 saturated carbocycles. The van der Waals surface area contributed by atoms with E-state index in [-0.39, 0.29) is 65.6 Å². The molecule has 14 heteroatoms. The van der Waals surface area contributed by atoms with Gasteiger partial charge in [-0.25, -0.2) is 9.97 Å². The van der Waals surface area contributed by atoms with Gasteiger partial charge in [-0.05, 0) is 59.1 Å². The smallest absolute Gasteiger partial charge is 0.261 e. The molecule has 1 fully saturated rings. The molecule has 2 unspecified atom stereocenters. The van der Waals surface area contributed by atoms with E-state index in [1.54, 1.807) is 48.5 Å². The van der Waals surface area contributed by atoms with Crippen molar-refractivity contribution in [2.45, 2.75) is 91.8 Å². The zero-order valence-corrected chi connectivity index (χ0v) is 46.5. The van der Waals surface area contributed by atoms with E-state index in [0.717, 1.165) is 53.7 Å². The maximum Gasteiger partial charge on any atom is 0.261 e. The molecule has 6 aromatic carbocycles. The quantitative estimate of drug-likeness (QED) is 0.0586. The van der Waals surface area contributed by atoms with Gasteiger partial charge in [-0.3, -0.25) is 29.0 Å². The summed E-state index contributed by atoms with van der Waals surface area (Å²) in [6.45, 7) is 16.0. The van der Waals surface area contributed by atoms with Crippen LogP contribution < -0.4 is 11.1 Å². The number of nitrogens with one attached hydrogen (secondary N) is 1. The molecule has 14 nitrogen and oxygen atoms in total. The van der Waals surface area contributed by atoms with Crippen LogP contribution in [0.25, 0.3) is 22.5 Å². The number of nitrogens with two attached hydrogens (primary N) is 1. The Labute approximate surface area is 469 Å². The molecule has 0 radical (unpaired) electrons. The molecule has 5 heterocycles. The third-order valence-corrected chi connectivity index (χ3v) is 14.6. The molecule has 0 bridgehead atoms. The van der Waals surface area contributed by atoms with E-state index < -0.39 is 6.10 Å². The van der Waals surface area contributed by atoms with Gasteiger partial charge >= 0.3 is 0 Å². The van der Waals surface area contributed by atoms with Crippen LogP contribution in [0.15, 0.2) is 182 Å². The van der Waals surface area contributed by atoms with Crippen LogP contribution in [0.4, 0.5) is 0 Å². The van der Waals surface area contributed by atoms with Gasteiger partial charge < -0.3 is 30.0 Å².